The van der Waals surface area contributed by atoms with E-state index in [-0.39, 0.29) is 28.2 Å². The Labute approximate surface area is 199 Å². The van der Waals surface area contributed by atoms with Gasteiger partial charge in [-0.2, -0.15) is 0 Å². The number of anilines is 1. The number of carbonyl (C=O) groups is 2. The number of rotatable bonds is 9. The molecule has 0 radical (unpaired) electrons. The Hall–Kier alpha value is -2.29. The molecule has 0 saturated heterocycles. The van der Waals surface area contributed by atoms with Gasteiger partial charge >= 0.3 is 0 Å². The highest BCUT2D eigenvalue weighted by atomic mass is 35.5. The molecule has 0 aliphatic heterocycles. The number of hydrogen-bond acceptors (Lipinski definition) is 4. The Kier molecular flexibility index (Phi) is 8.95. The molecule has 2 aromatic carbocycles. The molecule has 0 aliphatic rings. The monoisotopic (exact) mass is 499 g/mol. The number of benzene rings is 2. The molecule has 0 heterocycles. The van der Waals surface area contributed by atoms with Gasteiger partial charge in [0.05, 0.1) is 17.0 Å². The Balaban J connectivity index is 2.46. The summed E-state index contributed by atoms with van der Waals surface area (Å²) in [5, 5.41) is 2.99. The van der Waals surface area contributed by atoms with Gasteiger partial charge in [-0.3, -0.25) is 13.9 Å². The molecule has 7 nitrogen and oxygen atoms in total. The standard InChI is InChI=1S/C22H27Cl2N3O4S/c1-5-19(22(29)25-3)26(13-16-8-6-15(2)7-9-16)21(28)14-27(32(4,30)31)20-12-17(23)10-11-18(20)24/h6-12,19H,5,13-14H2,1-4H3,(H,25,29)/t19-/m1/s1. The summed E-state index contributed by atoms with van der Waals surface area (Å²) in [5.74, 6) is -0.873. The van der Waals surface area contributed by atoms with Gasteiger partial charge in [0.25, 0.3) is 0 Å². The first-order chi connectivity index (χ1) is 15.0. The van der Waals surface area contributed by atoms with Crippen LogP contribution in [0.4, 0.5) is 5.69 Å². The molecule has 2 amide bonds. The van der Waals surface area contributed by atoms with E-state index in [2.05, 4.69) is 5.32 Å². The first-order valence-electron chi connectivity index (χ1n) is 9.97. The van der Waals surface area contributed by atoms with Crippen molar-refractivity contribution in [2.75, 3.05) is 24.2 Å². The van der Waals surface area contributed by atoms with Crippen LogP contribution in [0.5, 0.6) is 0 Å². The maximum atomic E-state index is 13.4. The molecule has 1 N–H and O–H groups in total. The zero-order valence-electron chi connectivity index (χ0n) is 18.4. The predicted molar refractivity (Wildman–Crippen MR) is 129 cm³/mol. The number of amides is 2. The maximum Gasteiger partial charge on any atom is 0.244 e. The van der Waals surface area contributed by atoms with Gasteiger partial charge in [0.15, 0.2) is 0 Å². The summed E-state index contributed by atoms with van der Waals surface area (Å²) in [5.41, 5.74) is 1.97. The number of hydrogen-bond donors (Lipinski definition) is 1. The van der Waals surface area contributed by atoms with Crippen LogP contribution in [0.15, 0.2) is 42.5 Å². The third-order valence-electron chi connectivity index (χ3n) is 4.96. The molecular formula is C22H27Cl2N3O4S. The van der Waals surface area contributed by atoms with Crippen LogP contribution in [0, 0.1) is 6.92 Å². The molecule has 1 atom stereocenters. The number of nitrogens with one attached hydrogen (secondary N) is 1. The van der Waals surface area contributed by atoms with Crippen LogP contribution < -0.4 is 9.62 Å². The van der Waals surface area contributed by atoms with Crippen molar-refractivity contribution < 1.29 is 18.0 Å². The zero-order valence-corrected chi connectivity index (χ0v) is 20.8. The highest BCUT2D eigenvalue weighted by molar-refractivity contribution is 7.92. The highest BCUT2D eigenvalue weighted by Crippen LogP contribution is 2.31. The van der Waals surface area contributed by atoms with Crippen molar-refractivity contribution in [3.63, 3.8) is 0 Å². The van der Waals surface area contributed by atoms with Crippen molar-refractivity contribution in [1.29, 1.82) is 0 Å². The average Bonchev–Trinajstić information content (AvgIpc) is 2.73. The number of nitrogens with zero attached hydrogens (tertiary/aromatic N) is 2. The fourth-order valence-corrected chi connectivity index (χ4v) is 4.54. The van der Waals surface area contributed by atoms with Crippen LogP contribution in [-0.4, -0.2) is 51.0 Å². The summed E-state index contributed by atoms with van der Waals surface area (Å²) in [6.07, 6.45) is 1.34. The van der Waals surface area contributed by atoms with E-state index in [4.69, 9.17) is 23.2 Å². The largest absolute Gasteiger partial charge is 0.357 e. The van der Waals surface area contributed by atoms with E-state index in [1.807, 2.05) is 31.2 Å². The molecule has 0 unspecified atom stereocenters. The van der Waals surface area contributed by atoms with Gasteiger partial charge in [-0.05, 0) is 37.1 Å². The summed E-state index contributed by atoms with van der Waals surface area (Å²) in [6, 6.07) is 11.2. The van der Waals surface area contributed by atoms with Crippen LogP contribution in [0.1, 0.15) is 24.5 Å². The summed E-state index contributed by atoms with van der Waals surface area (Å²) in [4.78, 5) is 27.3. The van der Waals surface area contributed by atoms with Crippen LogP contribution in [-0.2, 0) is 26.2 Å². The average molecular weight is 500 g/mol. The number of halogens is 2. The Bertz CT molecular complexity index is 1080. The minimum atomic E-state index is -3.88. The lowest BCUT2D eigenvalue weighted by Gasteiger charge is -2.32. The number of aryl methyl sites for hydroxylation is 1. The Morgan fingerprint density at radius 1 is 1.09 bits per heavy atom. The van der Waals surface area contributed by atoms with Crippen molar-refractivity contribution in [2.24, 2.45) is 0 Å². The van der Waals surface area contributed by atoms with Crippen molar-refractivity contribution in [3.05, 3.63) is 63.6 Å². The fourth-order valence-electron chi connectivity index (χ4n) is 3.25. The van der Waals surface area contributed by atoms with Gasteiger partial charge in [-0.15, -0.1) is 0 Å². The Morgan fingerprint density at radius 3 is 2.25 bits per heavy atom. The van der Waals surface area contributed by atoms with Crippen molar-refractivity contribution in [2.45, 2.75) is 32.9 Å². The van der Waals surface area contributed by atoms with E-state index in [0.29, 0.717) is 6.42 Å². The molecule has 0 bridgehead atoms. The molecule has 0 spiro atoms. The molecule has 2 rings (SSSR count). The summed E-state index contributed by atoms with van der Waals surface area (Å²) in [6.45, 7) is 3.35. The molecule has 0 fully saturated rings. The van der Waals surface area contributed by atoms with Crippen LogP contribution in [0.2, 0.25) is 10.0 Å². The van der Waals surface area contributed by atoms with Crippen molar-refractivity contribution in [1.82, 2.24) is 10.2 Å². The van der Waals surface area contributed by atoms with Gasteiger partial charge in [-0.25, -0.2) is 8.42 Å². The lowest BCUT2D eigenvalue weighted by atomic mass is 10.1. The zero-order chi connectivity index (χ0) is 24.1. The van der Waals surface area contributed by atoms with Crippen LogP contribution in [0.25, 0.3) is 0 Å². The second-order valence-electron chi connectivity index (χ2n) is 7.41. The second-order valence-corrected chi connectivity index (χ2v) is 10.2. The molecule has 0 aliphatic carbocycles. The van der Waals surface area contributed by atoms with Gasteiger partial charge in [-0.1, -0.05) is 60.0 Å². The fraction of sp³-hybridized carbons (Fsp3) is 0.364. The van der Waals surface area contributed by atoms with Crippen LogP contribution in [0.3, 0.4) is 0 Å². The first-order valence-corrected chi connectivity index (χ1v) is 12.6. The van der Waals surface area contributed by atoms with Crippen molar-refractivity contribution >= 4 is 50.7 Å². The van der Waals surface area contributed by atoms with E-state index in [0.717, 1.165) is 21.7 Å². The van der Waals surface area contributed by atoms with E-state index in [9.17, 15) is 18.0 Å². The number of carbonyl (C=O) groups excluding carboxylic acids is 2. The van der Waals surface area contributed by atoms with E-state index in [1.165, 1.54) is 30.1 Å². The van der Waals surface area contributed by atoms with E-state index in [1.54, 1.807) is 6.92 Å². The maximum absolute atomic E-state index is 13.4. The smallest absolute Gasteiger partial charge is 0.244 e. The van der Waals surface area contributed by atoms with Crippen molar-refractivity contribution in [3.8, 4) is 0 Å². The first kappa shape index (κ1) is 26.0. The van der Waals surface area contributed by atoms with Crippen LogP contribution >= 0.6 is 23.2 Å². The number of likely N-dealkylation sites (N-methyl/N-ethyl adjacent to an activating group) is 1. The minimum Gasteiger partial charge on any atom is -0.357 e. The molecule has 10 heteroatoms. The summed E-state index contributed by atoms with van der Waals surface area (Å²) >= 11 is 12.2. The SMILES string of the molecule is CC[C@H](C(=O)NC)N(Cc1ccc(C)cc1)C(=O)CN(c1cc(Cl)ccc1Cl)S(C)(=O)=O. The van der Waals surface area contributed by atoms with Gasteiger partial charge in [0, 0.05) is 18.6 Å². The third-order valence-corrected chi connectivity index (χ3v) is 6.64. The number of sulfonamides is 1. The summed E-state index contributed by atoms with van der Waals surface area (Å²) in [7, 11) is -2.39. The molecule has 0 saturated carbocycles. The molecule has 2 aromatic rings. The lowest BCUT2D eigenvalue weighted by Crippen LogP contribution is -2.51. The minimum absolute atomic E-state index is 0.0956. The topological polar surface area (TPSA) is 86.8 Å². The summed E-state index contributed by atoms with van der Waals surface area (Å²) < 4.78 is 26.0. The highest BCUT2D eigenvalue weighted by Gasteiger charge is 2.32. The van der Waals surface area contributed by atoms with Gasteiger partial charge in [0.1, 0.15) is 12.6 Å². The third kappa shape index (κ3) is 6.60. The molecule has 32 heavy (non-hydrogen) atoms. The second kappa shape index (κ2) is 11.0. The van der Waals surface area contributed by atoms with E-state index >= 15 is 0 Å². The lowest BCUT2D eigenvalue weighted by molar-refractivity contribution is -0.140. The molecule has 174 valence electrons. The predicted octanol–water partition coefficient (Wildman–Crippen LogP) is 3.62. The quantitative estimate of drug-likeness (QED) is 0.570. The van der Waals surface area contributed by atoms with Gasteiger partial charge < -0.3 is 10.2 Å². The molecular weight excluding hydrogens is 473 g/mol. The Morgan fingerprint density at radius 2 is 1.72 bits per heavy atom. The molecule has 0 aromatic heterocycles. The van der Waals surface area contributed by atoms with Gasteiger partial charge in [0.2, 0.25) is 21.8 Å². The normalized spacial score (nSPS) is 12.2. The van der Waals surface area contributed by atoms with E-state index < -0.39 is 28.5 Å².